The minimum absolute atomic E-state index is 1.05. The molecule has 2 aromatic heterocycles. The van der Waals surface area contributed by atoms with Gasteiger partial charge in [0.2, 0.25) is 0 Å². The van der Waals surface area contributed by atoms with Crippen molar-refractivity contribution in [2.75, 3.05) is 0 Å². The van der Waals surface area contributed by atoms with Crippen molar-refractivity contribution in [3.8, 4) is 0 Å². The quantitative estimate of drug-likeness (QED) is 0.441. The predicted octanol–water partition coefficient (Wildman–Crippen LogP) is 3.70. The van der Waals surface area contributed by atoms with Gasteiger partial charge in [-0.3, -0.25) is 0 Å². The second-order valence-corrected chi connectivity index (χ2v) is 4.68. The third kappa shape index (κ3) is 0.936. The van der Waals surface area contributed by atoms with E-state index in [0.717, 1.165) is 5.65 Å². The number of imidazole rings is 1. The third-order valence-corrected chi connectivity index (χ3v) is 3.88. The number of benzene rings is 1. The highest BCUT2D eigenvalue weighted by Gasteiger charge is 2.14. The third-order valence-electron chi connectivity index (χ3n) is 3.88. The van der Waals surface area contributed by atoms with Crippen molar-refractivity contribution in [1.82, 2.24) is 9.38 Å². The Morgan fingerprint density at radius 2 is 1.76 bits per heavy atom. The van der Waals surface area contributed by atoms with Crippen LogP contribution in [-0.2, 0) is 0 Å². The Balaban J connectivity index is 2.49. The standard InChI is InChI=1S/C15H12N2/c1-9-10(2)13-8-17-7-6-16-15(17)12-5-3-4-11(9)14(12)13/h3-8H,1-2H3. The van der Waals surface area contributed by atoms with Crippen LogP contribution in [0.5, 0.6) is 0 Å². The van der Waals surface area contributed by atoms with Crippen LogP contribution in [0, 0.1) is 13.8 Å². The molecule has 0 aliphatic heterocycles. The van der Waals surface area contributed by atoms with E-state index in [1.54, 1.807) is 0 Å². The molecule has 0 N–H and O–H groups in total. The van der Waals surface area contributed by atoms with E-state index < -0.39 is 0 Å². The topological polar surface area (TPSA) is 17.3 Å². The van der Waals surface area contributed by atoms with Gasteiger partial charge in [0.25, 0.3) is 0 Å². The normalized spacial score (nSPS) is 12.1. The molecule has 17 heavy (non-hydrogen) atoms. The maximum atomic E-state index is 4.45. The summed E-state index contributed by atoms with van der Waals surface area (Å²) >= 11 is 0. The first kappa shape index (κ1) is 8.99. The van der Waals surface area contributed by atoms with E-state index in [1.807, 2.05) is 12.4 Å². The van der Waals surface area contributed by atoms with Crippen LogP contribution < -0.4 is 0 Å². The van der Waals surface area contributed by atoms with Crippen molar-refractivity contribution in [2.24, 2.45) is 0 Å². The molecule has 82 valence electrons. The van der Waals surface area contributed by atoms with E-state index in [4.69, 9.17) is 0 Å². The molecular weight excluding hydrogens is 208 g/mol. The number of fused-ring (bicyclic) bond motifs is 2. The summed E-state index contributed by atoms with van der Waals surface area (Å²) in [6, 6.07) is 6.49. The first-order valence-electron chi connectivity index (χ1n) is 5.84. The van der Waals surface area contributed by atoms with Crippen LogP contribution in [0.4, 0.5) is 0 Å². The van der Waals surface area contributed by atoms with Crippen LogP contribution in [0.25, 0.3) is 27.2 Å². The molecule has 0 aliphatic carbocycles. The highest BCUT2D eigenvalue weighted by molar-refractivity contribution is 6.18. The van der Waals surface area contributed by atoms with E-state index >= 15 is 0 Å². The molecule has 2 heterocycles. The van der Waals surface area contributed by atoms with Crippen LogP contribution in [0.2, 0.25) is 0 Å². The molecule has 0 radical (unpaired) electrons. The number of hydrogen-bond acceptors (Lipinski definition) is 1. The Hall–Kier alpha value is -2.09. The molecule has 0 saturated heterocycles. The number of pyridine rings is 1. The minimum Gasteiger partial charge on any atom is -0.306 e. The van der Waals surface area contributed by atoms with Crippen LogP contribution in [0.3, 0.4) is 0 Å². The summed E-state index contributed by atoms with van der Waals surface area (Å²) in [5.74, 6) is 0. The minimum atomic E-state index is 1.05. The van der Waals surface area contributed by atoms with E-state index in [2.05, 4.69) is 47.6 Å². The summed E-state index contributed by atoms with van der Waals surface area (Å²) < 4.78 is 2.11. The number of nitrogens with zero attached hydrogens (tertiary/aromatic N) is 2. The molecular formula is C15H12N2. The molecule has 2 aromatic carbocycles. The Morgan fingerprint density at radius 1 is 1.00 bits per heavy atom. The van der Waals surface area contributed by atoms with Crippen LogP contribution in [0.15, 0.2) is 36.8 Å². The second kappa shape index (κ2) is 2.77. The summed E-state index contributed by atoms with van der Waals surface area (Å²) in [4.78, 5) is 4.45. The van der Waals surface area contributed by atoms with Gasteiger partial charge in [0.15, 0.2) is 0 Å². The van der Waals surface area contributed by atoms with Gasteiger partial charge in [0, 0.05) is 34.7 Å². The largest absolute Gasteiger partial charge is 0.306 e. The SMILES string of the molecule is Cc1c(C)c2cn3ccnc3c3cccc1c23. The van der Waals surface area contributed by atoms with Gasteiger partial charge in [-0.05, 0) is 30.4 Å². The number of hydrogen-bond donors (Lipinski definition) is 0. The van der Waals surface area contributed by atoms with Crippen molar-refractivity contribution in [3.63, 3.8) is 0 Å². The van der Waals surface area contributed by atoms with E-state index in [-0.39, 0.29) is 0 Å². The smallest absolute Gasteiger partial charge is 0.144 e. The molecule has 4 aromatic rings. The summed E-state index contributed by atoms with van der Waals surface area (Å²) in [5, 5.41) is 5.32. The number of aryl methyl sites for hydroxylation is 2. The Kier molecular flexibility index (Phi) is 1.47. The fraction of sp³-hybridized carbons (Fsp3) is 0.133. The zero-order valence-corrected chi connectivity index (χ0v) is 9.86. The lowest BCUT2D eigenvalue weighted by molar-refractivity contribution is 1.21. The molecule has 0 amide bonds. The van der Waals surface area contributed by atoms with Gasteiger partial charge in [-0.2, -0.15) is 0 Å². The maximum absolute atomic E-state index is 4.45. The molecule has 0 unspecified atom stereocenters. The molecule has 0 saturated carbocycles. The second-order valence-electron chi connectivity index (χ2n) is 4.68. The molecule has 0 bridgehead atoms. The molecule has 0 spiro atoms. The Bertz CT molecular complexity index is 855. The fourth-order valence-corrected chi connectivity index (χ4v) is 2.86. The summed E-state index contributed by atoms with van der Waals surface area (Å²) in [5.41, 5.74) is 3.82. The highest BCUT2D eigenvalue weighted by Crippen LogP contribution is 2.36. The van der Waals surface area contributed by atoms with Crippen LogP contribution >= 0.6 is 0 Å². The molecule has 0 aliphatic rings. The van der Waals surface area contributed by atoms with Crippen LogP contribution in [-0.4, -0.2) is 9.38 Å². The number of aromatic nitrogens is 2. The lowest BCUT2D eigenvalue weighted by Crippen LogP contribution is -1.85. The van der Waals surface area contributed by atoms with E-state index in [1.165, 1.54) is 32.7 Å². The summed E-state index contributed by atoms with van der Waals surface area (Å²) in [6.07, 6.45) is 6.07. The van der Waals surface area contributed by atoms with Crippen molar-refractivity contribution >= 4 is 27.2 Å². The maximum Gasteiger partial charge on any atom is 0.144 e. The lowest BCUT2D eigenvalue weighted by Gasteiger charge is -2.02. The molecule has 4 rings (SSSR count). The lowest BCUT2D eigenvalue weighted by atomic mass is 10.1. The van der Waals surface area contributed by atoms with Crippen molar-refractivity contribution in [1.29, 1.82) is 0 Å². The van der Waals surface area contributed by atoms with Crippen LogP contribution in [0.1, 0.15) is 11.1 Å². The zero-order chi connectivity index (χ0) is 11.6. The molecule has 0 atom stereocenters. The molecule has 2 heteroatoms. The first-order chi connectivity index (χ1) is 8.27. The first-order valence-corrected chi connectivity index (χ1v) is 5.84. The highest BCUT2D eigenvalue weighted by atomic mass is 15.0. The summed E-state index contributed by atoms with van der Waals surface area (Å²) in [6.45, 7) is 4.40. The molecule has 0 fully saturated rings. The van der Waals surface area contributed by atoms with E-state index in [9.17, 15) is 0 Å². The average Bonchev–Trinajstić information content (AvgIpc) is 2.91. The Labute approximate surface area is 98.8 Å². The van der Waals surface area contributed by atoms with Gasteiger partial charge in [-0.25, -0.2) is 4.98 Å². The fourth-order valence-electron chi connectivity index (χ4n) is 2.86. The monoisotopic (exact) mass is 220 g/mol. The van der Waals surface area contributed by atoms with Crippen molar-refractivity contribution in [3.05, 3.63) is 47.9 Å². The van der Waals surface area contributed by atoms with Crippen molar-refractivity contribution in [2.45, 2.75) is 13.8 Å². The van der Waals surface area contributed by atoms with Crippen molar-refractivity contribution < 1.29 is 0 Å². The predicted molar refractivity (Wildman–Crippen MR) is 70.9 cm³/mol. The van der Waals surface area contributed by atoms with Gasteiger partial charge in [0.05, 0.1) is 0 Å². The Morgan fingerprint density at radius 3 is 2.65 bits per heavy atom. The van der Waals surface area contributed by atoms with E-state index in [0.29, 0.717) is 0 Å². The van der Waals surface area contributed by atoms with Gasteiger partial charge in [-0.15, -0.1) is 0 Å². The van der Waals surface area contributed by atoms with Gasteiger partial charge < -0.3 is 4.40 Å². The number of rotatable bonds is 0. The van der Waals surface area contributed by atoms with Gasteiger partial charge >= 0.3 is 0 Å². The van der Waals surface area contributed by atoms with Gasteiger partial charge in [-0.1, -0.05) is 18.2 Å². The summed E-state index contributed by atoms with van der Waals surface area (Å²) in [7, 11) is 0. The zero-order valence-electron chi connectivity index (χ0n) is 9.86. The average molecular weight is 220 g/mol. The van der Waals surface area contributed by atoms with Gasteiger partial charge in [0.1, 0.15) is 5.65 Å². The molecule has 2 nitrogen and oxygen atoms in total.